The van der Waals surface area contributed by atoms with Gasteiger partial charge in [0.2, 0.25) is 5.91 Å². The fraction of sp³-hybridized carbons (Fsp3) is 0.462. The number of hydrogen-bond donors (Lipinski definition) is 2. The van der Waals surface area contributed by atoms with Crippen LogP contribution in [-0.2, 0) is 11.0 Å². The van der Waals surface area contributed by atoms with E-state index in [2.05, 4.69) is 10.6 Å². The van der Waals surface area contributed by atoms with Crippen molar-refractivity contribution in [2.75, 3.05) is 18.9 Å². The maximum Gasteiger partial charge on any atom is 0.416 e. The Bertz CT molecular complexity index is 463. The fourth-order valence-corrected chi connectivity index (χ4v) is 1.67. The zero-order chi connectivity index (χ0) is 14.6. The van der Waals surface area contributed by atoms with E-state index in [1.165, 1.54) is 19.1 Å². The first-order chi connectivity index (χ1) is 8.75. The SMILES string of the molecule is CNCC(C)C(=O)Nc1ccc(C)c(C(F)(F)F)c1.Cl. The number of carbonyl (C=O) groups excluding carboxylic acids is 1. The molecule has 0 saturated heterocycles. The van der Waals surface area contributed by atoms with Gasteiger partial charge in [0.25, 0.3) is 0 Å². The molecular weight excluding hydrogens is 293 g/mol. The van der Waals surface area contributed by atoms with Gasteiger partial charge in [0.1, 0.15) is 0 Å². The number of hydrogen-bond acceptors (Lipinski definition) is 2. The predicted octanol–water partition coefficient (Wildman–Crippen LogP) is 3.23. The molecule has 1 rings (SSSR count). The average molecular weight is 311 g/mol. The summed E-state index contributed by atoms with van der Waals surface area (Å²) >= 11 is 0. The first-order valence-electron chi connectivity index (χ1n) is 5.89. The molecule has 20 heavy (non-hydrogen) atoms. The smallest absolute Gasteiger partial charge is 0.326 e. The Kier molecular flexibility index (Phi) is 7.02. The summed E-state index contributed by atoms with van der Waals surface area (Å²) in [5, 5.41) is 5.33. The number of nitrogens with one attached hydrogen (secondary N) is 2. The molecule has 1 atom stereocenters. The standard InChI is InChI=1S/C13H17F3N2O.ClH/c1-8-4-5-10(6-11(8)13(14,15)16)18-12(19)9(2)7-17-3;/h4-6,9,17H,7H2,1-3H3,(H,18,19);1H. The summed E-state index contributed by atoms with van der Waals surface area (Å²) in [6, 6.07) is 3.77. The quantitative estimate of drug-likeness (QED) is 0.896. The molecule has 1 aromatic carbocycles. The zero-order valence-electron chi connectivity index (χ0n) is 11.5. The molecule has 1 aromatic rings. The van der Waals surface area contributed by atoms with E-state index in [-0.39, 0.29) is 35.5 Å². The highest BCUT2D eigenvalue weighted by Gasteiger charge is 2.32. The van der Waals surface area contributed by atoms with Gasteiger partial charge >= 0.3 is 6.18 Å². The number of carbonyl (C=O) groups is 1. The van der Waals surface area contributed by atoms with Crippen LogP contribution in [0.3, 0.4) is 0 Å². The van der Waals surface area contributed by atoms with Crippen molar-refractivity contribution >= 4 is 24.0 Å². The van der Waals surface area contributed by atoms with E-state index in [0.29, 0.717) is 6.54 Å². The van der Waals surface area contributed by atoms with Crippen molar-refractivity contribution in [2.24, 2.45) is 5.92 Å². The molecule has 0 bridgehead atoms. The Morgan fingerprint density at radius 2 is 1.95 bits per heavy atom. The van der Waals surface area contributed by atoms with Gasteiger partial charge in [-0.3, -0.25) is 4.79 Å². The van der Waals surface area contributed by atoms with Crippen LogP contribution >= 0.6 is 12.4 Å². The lowest BCUT2D eigenvalue weighted by molar-refractivity contribution is -0.138. The highest BCUT2D eigenvalue weighted by molar-refractivity contribution is 5.92. The van der Waals surface area contributed by atoms with Crippen molar-refractivity contribution in [3.8, 4) is 0 Å². The van der Waals surface area contributed by atoms with Crippen LogP contribution in [0.15, 0.2) is 18.2 Å². The van der Waals surface area contributed by atoms with Crippen molar-refractivity contribution in [1.82, 2.24) is 5.32 Å². The molecule has 3 nitrogen and oxygen atoms in total. The van der Waals surface area contributed by atoms with Gasteiger partial charge < -0.3 is 10.6 Å². The molecule has 0 aliphatic carbocycles. The number of anilines is 1. The molecule has 0 aromatic heterocycles. The summed E-state index contributed by atoms with van der Waals surface area (Å²) in [6.45, 7) is 3.55. The maximum atomic E-state index is 12.7. The molecule has 0 radical (unpaired) electrons. The number of rotatable bonds is 4. The van der Waals surface area contributed by atoms with E-state index < -0.39 is 11.7 Å². The van der Waals surface area contributed by atoms with Crippen LogP contribution in [0.5, 0.6) is 0 Å². The summed E-state index contributed by atoms with van der Waals surface area (Å²) in [6.07, 6.45) is -4.42. The Hall–Kier alpha value is -1.27. The molecule has 7 heteroatoms. The van der Waals surface area contributed by atoms with Crippen LogP contribution in [0.25, 0.3) is 0 Å². The molecular formula is C13H18ClF3N2O. The summed E-state index contributed by atoms with van der Waals surface area (Å²) < 4.78 is 38.2. The number of alkyl halides is 3. The lowest BCUT2D eigenvalue weighted by Gasteiger charge is -2.15. The van der Waals surface area contributed by atoms with E-state index in [0.717, 1.165) is 6.07 Å². The molecule has 0 heterocycles. The van der Waals surface area contributed by atoms with Crippen molar-refractivity contribution in [1.29, 1.82) is 0 Å². The second-order valence-electron chi connectivity index (χ2n) is 4.48. The van der Waals surface area contributed by atoms with Crippen molar-refractivity contribution in [3.63, 3.8) is 0 Å². The summed E-state index contributed by atoms with van der Waals surface area (Å²) in [5.41, 5.74) is -0.439. The third-order valence-corrected chi connectivity index (χ3v) is 2.77. The van der Waals surface area contributed by atoms with Gasteiger partial charge in [-0.2, -0.15) is 13.2 Å². The Morgan fingerprint density at radius 1 is 1.35 bits per heavy atom. The molecule has 114 valence electrons. The van der Waals surface area contributed by atoms with Gasteiger partial charge in [0.05, 0.1) is 5.56 Å². The minimum Gasteiger partial charge on any atom is -0.326 e. The van der Waals surface area contributed by atoms with Crippen molar-refractivity contribution in [2.45, 2.75) is 20.0 Å². The van der Waals surface area contributed by atoms with Gasteiger partial charge in [-0.25, -0.2) is 0 Å². The minimum absolute atomic E-state index is 0. The van der Waals surface area contributed by atoms with Crippen LogP contribution in [0, 0.1) is 12.8 Å². The molecule has 1 amide bonds. The topological polar surface area (TPSA) is 41.1 Å². The molecule has 0 aliphatic heterocycles. The molecule has 0 spiro atoms. The molecule has 0 fully saturated rings. The van der Waals surface area contributed by atoms with Gasteiger partial charge in [-0.1, -0.05) is 13.0 Å². The number of aryl methyl sites for hydroxylation is 1. The second-order valence-corrected chi connectivity index (χ2v) is 4.48. The van der Waals surface area contributed by atoms with Crippen LogP contribution < -0.4 is 10.6 Å². The summed E-state index contributed by atoms with van der Waals surface area (Å²) in [7, 11) is 1.71. The molecule has 0 saturated carbocycles. The highest BCUT2D eigenvalue weighted by atomic mass is 35.5. The summed E-state index contributed by atoms with van der Waals surface area (Å²) in [4.78, 5) is 11.7. The van der Waals surface area contributed by atoms with Crippen LogP contribution in [0.2, 0.25) is 0 Å². The fourth-order valence-electron chi connectivity index (χ4n) is 1.67. The first-order valence-corrected chi connectivity index (χ1v) is 5.89. The Balaban J connectivity index is 0.00000361. The van der Waals surface area contributed by atoms with E-state index >= 15 is 0 Å². The van der Waals surface area contributed by atoms with Gasteiger partial charge in [-0.15, -0.1) is 12.4 Å². The molecule has 1 unspecified atom stereocenters. The largest absolute Gasteiger partial charge is 0.416 e. The second kappa shape index (κ2) is 7.50. The Morgan fingerprint density at radius 3 is 2.45 bits per heavy atom. The lowest BCUT2D eigenvalue weighted by Crippen LogP contribution is -2.28. The Labute approximate surface area is 122 Å². The van der Waals surface area contributed by atoms with Crippen molar-refractivity contribution < 1.29 is 18.0 Å². The summed E-state index contributed by atoms with van der Waals surface area (Å²) in [5.74, 6) is -0.632. The van der Waals surface area contributed by atoms with Gasteiger partial charge in [0.15, 0.2) is 0 Å². The average Bonchev–Trinajstić information content (AvgIpc) is 2.30. The first kappa shape index (κ1) is 18.7. The van der Waals surface area contributed by atoms with Gasteiger partial charge in [0, 0.05) is 18.2 Å². The lowest BCUT2D eigenvalue weighted by atomic mass is 10.1. The normalized spacial score (nSPS) is 12.5. The monoisotopic (exact) mass is 310 g/mol. The number of benzene rings is 1. The van der Waals surface area contributed by atoms with Crippen molar-refractivity contribution in [3.05, 3.63) is 29.3 Å². The van der Waals surface area contributed by atoms with E-state index in [4.69, 9.17) is 0 Å². The highest BCUT2D eigenvalue weighted by Crippen LogP contribution is 2.33. The zero-order valence-corrected chi connectivity index (χ0v) is 12.3. The third kappa shape index (κ3) is 5.02. The van der Waals surface area contributed by atoms with Crippen LogP contribution in [-0.4, -0.2) is 19.5 Å². The van der Waals surface area contributed by atoms with E-state index in [1.807, 2.05) is 0 Å². The predicted molar refractivity (Wildman–Crippen MR) is 75.1 cm³/mol. The van der Waals surface area contributed by atoms with Crippen LogP contribution in [0.4, 0.5) is 18.9 Å². The minimum atomic E-state index is -4.42. The van der Waals surface area contributed by atoms with Gasteiger partial charge in [-0.05, 0) is 31.7 Å². The molecule has 0 aliphatic rings. The number of halogens is 4. The van der Waals surface area contributed by atoms with Crippen LogP contribution in [0.1, 0.15) is 18.1 Å². The third-order valence-electron chi connectivity index (χ3n) is 2.77. The molecule has 2 N–H and O–H groups in total. The maximum absolute atomic E-state index is 12.7. The van der Waals surface area contributed by atoms with E-state index in [9.17, 15) is 18.0 Å². The number of amides is 1. The van der Waals surface area contributed by atoms with E-state index in [1.54, 1.807) is 14.0 Å².